The van der Waals surface area contributed by atoms with E-state index in [1.807, 2.05) is 0 Å². The number of carbonyl (C=O) groups excluding carboxylic acids is 3. The van der Waals surface area contributed by atoms with E-state index in [1.54, 1.807) is 43.3 Å². The number of rotatable bonds is 8. The summed E-state index contributed by atoms with van der Waals surface area (Å²) in [5, 5.41) is 5.15. The van der Waals surface area contributed by atoms with Gasteiger partial charge in [0.2, 0.25) is 18.0 Å². The van der Waals surface area contributed by atoms with Crippen LogP contribution < -0.4 is 16.4 Å². The van der Waals surface area contributed by atoms with Crippen LogP contribution in [0, 0.1) is 18.7 Å². The highest BCUT2D eigenvalue weighted by Crippen LogP contribution is 2.33. The van der Waals surface area contributed by atoms with Gasteiger partial charge in [0.15, 0.2) is 0 Å². The van der Waals surface area contributed by atoms with Gasteiger partial charge in [0, 0.05) is 17.5 Å². The first-order valence-electron chi connectivity index (χ1n) is 12.4. The molecule has 2 unspecified atom stereocenters. The van der Waals surface area contributed by atoms with Gasteiger partial charge in [-0.15, -0.1) is 0 Å². The number of halogens is 4. The Bertz CT molecular complexity index is 1440. The van der Waals surface area contributed by atoms with E-state index in [2.05, 4.69) is 15.6 Å². The van der Waals surface area contributed by atoms with E-state index in [0.717, 1.165) is 0 Å². The van der Waals surface area contributed by atoms with Gasteiger partial charge in [-0.05, 0) is 48.7 Å². The molecule has 4 rings (SSSR count). The molecule has 1 aliphatic rings. The van der Waals surface area contributed by atoms with E-state index in [9.17, 15) is 31.9 Å². The van der Waals surface area contributed by atoms with Gasteiger partial charge in [0.05, 0.1) is 23.2 Å². The Labute approximate surface area is 227 Å². The van der Waals surface area contributed by atoms with E-state index in [1.165, 1.54) is 36.4 Å². The highest BCUT2D eigenvalue weighted by Gasteiger charge is 2.39. The fourth-order valence-corrected chi connectivity index (χ4v) is 4.68. The van der Waals surface area contributed by atoms with Crippen molar-refractivity contribution in [1.29, 1.82) is 0 Å². The highest BCUT2D eigenvalue weighted by atomic mass is 19.4. The first-order chi connectivity index (χ1) is 18.9. The second-order valence-corrected chi connectivity index (χ2v) is 9.43. The van der Waals surface area contributed by atoms with Crippen LogP contribution in [0.1, 0.15) is 41.0 Å². The summed E-state index contributed by atoms with van der Waals surface area (Å²) in [4.78, 5) is 43.7. The average Bonchev–Trinajstić information content (AvgIpc) is 3.04. The molecule has 0 aliphatic carbocycles. The summed E-state index contributed by atoms with van der Waals surface area (Å²) in [6, 6.07) is 18.3. The Morgan fingerprint density at radius 3 is 2.33 bits per heavy atom. The molecule has 208 valence electrons. The number of alkyl halides is 3. The molecule has 11 heteroatoms. The second kappa shape index (κ2) is 11.7. The zero-order valence-electron chi connectivity index (χ0n) is 21.3. The smallest absolute Gasteiger partial charge is 0.369 e. The van der Waals surface area contributed by atoms with Gasteiger partial charge in [0.25, 0.3) is 5.91 Å². The number of benzene rings is 3. The quantitative estimate of drug-likeness (QED) is 0.354. The van der Waals surface area contributed by atoms with Crippen molar-refractivity contribution in [3.05, 3.63) is 101 Å². The molecule has 3 amide bonds. The summed E-state index contributed by atoms with van der Waals surface area (Å²) in [6.45, 7) is 1.75. The van der Waals surface area contributed by atoms with Crippen LogP contribution in [-0.4, -0.2) is 35.8 Å². The molecule has 3 aromatic rings. The van der Waals surface area contributed by atoms with E-state index in [4.69, 9.17) is 5.73 Å². The molecule has 3 atom stereocenters. The third-order valence-corrected chi connectivity index (χ3v) is 6.62. The summed E-state index contributed by atoms with van der Waals surface area (Å²) in [5.74, 6) is -6.17. The lowest BCUT2D eigenvalue weighted by Crippen LogP contribution is -2.47. The van der Waals surface area contributed by atoms with Gasteiger partial charge in [0.1, 0.15) is 5.82 Å². The molecule has 0 aromatic heterocycles. The zero-order chi connectivity index (χ0) is 29.0. The molecule has 0 saturated heterocycles. The minimum atomic E-state index is -4.61. The summed E-state index contributed by atoms with van der Waals surface area (Å²) in [5.41, 5.74) is 8.15. The first kappa shape index (κ1) is 28.5. The Morgan fingerprint density at radius 1 is 1.02 bits per heavy atom. The number of hydrogen-bond donors (Lipinski definition) is 3. The monoisotopic (exact) mass is 554 g/mol. The van der Waals surface area contributed by atoms with E-state index < -0.39 is 60.6 Å². The number of carbonyl (C=O) groups is 3. The zero-order valence-corrected chi connectivity index (χ0v) is 21.3. The normalized spacial score (nSPS) is 16.6. The number of benzodiazepines with no additional fused rings is 1. The number of nitrogens with two attached hydrogens (primary N) is 1. The number of fused-ring (bicyclic) bond motifs is 1. The molecule has 0 radical (unpaired) electrons. The summed E-state index contributed by atoms with van der Waals surface area (Å²) >= 11 is 0. The topological polar surface area (TPSA) is 114 Å². The molecule has 0 bridgehead atoms. The van der Waals surface area contributed by atoms with Gasteiger partial charge in [-0.1, -0.05) is 48.5 Å². The molecule has 0 fully saturated rings. The van der Waals surface area contributed by atoms with Crippen molar-refractivity contribution in [2.75, 3.05) is 5.32 Å². The van der Waals surface area contributed by atoms with Crippen LogP contribution in [0.15, 0.2) is 77.8 Å². The van der Waals surface area contributed by atoms with Crippen LogP contribution in [0.25, 0.3) is 0 Å². The van der Waals surface area contributed by atoms with Gasteiger partial charge in [-0.2, -0.15) is 13.2 Å². The molecular formula is C29H26F4N4O3. The van der Waals surface area contributed by atoms with E-state index in [0.29, 0.717) is 22.4 Å². The summed E-state index contributed by atoms with van der Waals surface area (Å²) < 4.78 is 53.3. The SMILES string of the molecule is Cc1cccc2c1NC(=O)[C@@H](NC(=O)C(CCC(F)(F)F)C(C(N)=O)c1ccccc1)N=C2c1ccc(F)cc1. The Kier molecular flexibility index (Phi) is 8.32. The molecule has 0 saturated carbocycles. The minimum absolute atomic E-state index is 0.253. The van der Waals surface area contributed by atoms with Crippen LogP contribution in [0.3, 0.4) is 0 Å². The van der Waals surface area contributed by atoms with Crippen molar-refractivity contribution in [2.24, 2.45) is 16.6 Å². The molecule has 7 nitrogen and oxygen atoms in total. The van der Waals surface area contributed by atoms with Crippen molar-refractivity contribution in [3.63, 3.8) is 0 Å². The van der Waals surface area contributed by atoms with Gasteiger partial charge < -0.3 is 16.4 Å². The molecule has 0 spiro atoms. The maximum absolute atomic E-state index is 13.6. The number of aryl methyl sites for hydroxylation is 1. The summed E-state index contributed by atoms with van der Waals surface area (Å²) in [7, 11) is 0. The second-order valence-electron chi connectivity index (χ2n) is 9.43. The van der Waals surface area contributed by atoms with Gasteiger partial charge in [-0.3, -0.25) is 14.4 Å². The number of aliphatic imine (C=N–C) groups is 1. The van der Waals surface area contributed by atoms with Crippen LogP contribution in [0.4, 0.5) is 23.2 Å². The molecular weight excluding hydrogens is 528 g/mol. The number of primary amides is 1. The highest BCUT2D eigenvalue weighted by molar-refractivity contribution is 6.20. The molecule has 40 heavy (non-hydrogen) atoms. The van der Waals surface area contributed by atoms with Gasteiger partial charge in [-0.25, -0.2) is 9.38 Å². The number of nitrogens with one attached hydrogen (secondary N) is 2. The lowest BCUT2D eigenvalue weighted by molar-refractivity contribution is -0.144. The minimum Gasteiger partial charge on any atom is -0.369 e. The van der Waals surface area contributed by atoms with Gasteiger partial charge >= 0.3 is 6.18 Å². The largest absolute Gasteiger partial charge is 0.389 e. The lowest BCUT2D eigenvalue weighted by atomic mass is 9.81. The lowest BCUT2D eigenvalue weighted by Gasteiger charge is -2.26. The number of anilines is 1. The van der Waals surface area contributed by atoms with Crippen molar-refractivity contribution in [1.82, 2.24) is 5.32 Å². The predicted octanol–water partition coefficient (Wildman–Crippen LogP) is 4.59. The van der Waals surface area contributed by atoms with Crippen LogP contribution in [0.5, 0.6) is 0 Å². The first-order valence-corrected chi connectivity index (χ1v) is 12.4. The van der Waals surface area contributed by atoms with Crippen molar-refractivity contribution >= 4 is 29.1 Å². The van der Waals surface area contributed by atoms with E-state index >= 15 is 0 Å². The third-order valence-electron chi connectivity index (χ3n) is 6.62. The van der Waals surface area contributed by atoms with Crippen molar-refractivity contribution < 1.29 is 31.9 Å². The number of amides is 3. The maximum atomic E-state index is 13.6. The van der Waals surface area contributed by atoms with Crippen molar-refractivity contribution in [2.45, 2.75) is 38.0 Å². The molecule has 3 aromatic carbocycles. The van der Waals surface area contributed by atoms with Crippen LogP contribution in [-0.2, 0) is 14.4 Å². The number of hydrogen-bond acceptors (Lipinski definition) is 4. The average molecular weight is 555 g/mol. The Balaban J connectivity index is 1.74. The van der Waals surface area contributed by atoms with Crippen LogP contribution in [0.2, 0.25) is 0 Å². The number of para-hydroxylation sites is 1. The van der Waals surface area contributed by atoms with Crippen molar-refractivity contribution in [3.8, 4) is 0 Å². The summed E-state index contributed by atoms with van der Waals surface area (Å²) in [6.07, 6.45) is -8.28. The fourth-order valence-electron chi connectivity index (χ4n) is 4.68. The molecule has 4 N–H and O–H groups in total. The maximum Gasteiger partial charge on any atom is 0.389 e. The Hall–Kier alpha value is -4.54. The third kappa shape index (κ3) is 6.53. The van der Waals surface area contributed by atoms with E-state index in [-0.39, 0.29) is 11.3 Å². The Morgan fingerprint density at radius 2 is 1.70 bits per heavy atom. The van der Waals surface area contributed by atoms with Crippen LogP contribution >= 0.6 is 0 Å². The molecule has 1 heterocycles. The predicted molar refractivity (Wildman–Crippen MR) is 141 cm³/mol. The fraction of sp³-hybridized carbons (Fsp3) is 0.241. The number of nitrogens with zero attached hydrogens (tertiary/aromatic N) is 1. The molecule has 1 aliphatic heterocycles. The standard InChI is InChI=1S/C29H26F4N4O3/c1-16-6-5-9-21-23(16)36-28(40)26(35-24(21)18-10-12-19(30)13-11-18)37-27(39)20(14-15-29(31,32)33)22(25(34)38)17-7-3-2-4-8-17/h2-13,20,22,26H,14-15H2,1H3,(H2,34,38)(H,36,40)(H,37,39)/t20?,22?,26-/m1/s1.